The van der Waals surface area contributed by atoms with Crippen molar-refractivity contribution in [2.45, 2.75) is 53.6 Å². The number of aryl methyl sites for hydroxylation is 2. The number of nitrogens with zero attached hydrogens (tertiary/aromatic N) is 3. The van der Waals surface area contributed by atoms with Gasteiger partial charge >= 0.3 is 0 Å². The van der Waals surface area contributed by atoms with Crippen LogP contribution in [0.3, 0.4) is 0 Å². The average molecular weight is 400 g/mol. The van der Waals surface area contributed by atoms with Gasteiger partial charge in [-0.2, -0.15) is 0 Å². The number of benzene rings is 2. The van der Waals surface area contributed by atoms with Crippen molar-refractivity contribution < 1.29 is 0 Å². The average Bonchev–Trinajstić information content (AvgIpc) is 2.84. The van der Waals surface area contributed by atoms with Crippen LogP contribution in [0, 0.1) is 13.8 Å². The summed E-state index contributed by atoms with van der Waals surface area (Å²) in [7, 11) is 0. The zero-order valence-electron chi connectivity index (χ0n) is 15.8. The molecule has 0 aliphatic carbocycles. The molecule has 0 spiro atoms. The molecule has 4 heteroatoms. The van der Waals surface area contributed by atoms with Gasteiger partial charge in [0.2, 0.25) is 5.62 Å². The summed E-state index contributed by atoms with van der Waals surface area (Å²) in [5.74, 6) is 0. The van der Waals surface area contributed by atoms with Crippen molar-refractivity contribution in [3.63, 3.8) is 0 Å². The molecular formula is C21H26BrN3. The van der Waals surface area contributed by atoms with Gasteiger partial charge in [0.1, 0.15) is 0 Å². The summed E-state index contributed by atoms with van der Waals surface area (Å²) < 4.78 is 5.79. The van der Waals surface area contributed by atoms with E-state index in [1.165, 1.54) is 22.2 Å². The summed E-state index contributed by atoms with van der Waals surface area (Å²) in [6.07, 6.45) is 0. The van der Waals surface area contributed by atoms with E-state index in [-0.39, 0.29) is 0 Å². The van der Waals surface area contributed by atoms with E-state index in [0.29, 0.717) is 12.1 Å². The third-order valence-corrected chi connectivity index (χ3v) is 4.99. The van der Waals surface area contributed by atoms with Crippen LogP contribution in [0.5, 0.6) is 0 Å². The van der Waals surface area contributed by atoms with Crippen LogP contribution in [0.25, 0.3) is 11.0 Å². The molecule has 0 radical (unpaired) electrons. The van der Waals surface area contributed by atoms with Crippen LogP contribution in [-0.2, 0) is 0 Å². The first kappa shape index (κ1) is 18.0. The summed E-state index contributed by atoms with van der Waals surface area (Å²) in [5, 5.41) is 0. The molecular weight excluding hydrogens is 374 g/mol. The van der Waals surface area contributed by atoms with Crippen LogP contribution in [-0.4, -0.2) is 9.13 Å². The maximum Gasteiger partial charge on any atom is 0.211 e. The SMILES string of the molecule is Cc1cc(Br)cc(C)c1N=c1n(C(C)C)c2ccccc2n1C(C)C. The Morgan fingerprint density at radius 2 is 1.28 bits per heavy atom. The Morgan fingerprint density at radius 1 is 0.840 bits per heavy atom. The van der Waals surface area contributed by atoms with Crippen molar-refractivity contribution in [3.8, 4) is 0 Å². The summed E-state index contributed by atoms with van der Waals surface area (Å²) in [5.41, 5.74) is 6.90. The summed E-state index contributed by atoms with van der Waals surface area (Å²) >= 11 is 3.58. The fourth-order valence-electron chi connectivity index (χ4n) is 3.51. The Kier molecular flexibility index (Phi) is 4.92. The predicted octanol–water partition coefficient (Wildman–Crippen LogP) is 6.22. The summed E-state index contributed by atoms with van der Waals surface area (Å²) in [6, 6.07) is 13.5. The highest BCUT2D eigenvalue weighted by atomic mass is 79.9. The molecule has 2 aromatic carbocycles. The molecule has 0 N–H and O–H groups in total. The van der Waals surface area contributed by atoms with Crippen LogP contribution >= 0.6 is 15.9 Å². The van der Waals surface area contributed by atoms with Crippen molar-refractivity contribution in [3.05, 3.63) is 57.6 Å². The quantitative estimate of drug-likeness (QED) is 0.498. The van der Waals surface area contributed by atoms with Gasteiger partial charge < -0.3 is 9.13 Å². The van der Waals surface area contributed by atoms with Crippen molar-refractivity contribution in [2.24, 2.45) is 4.99 Å². The van der Waals surface area contributed by atoms with Gasteiger partial charge in [-0.3, -0.25) is 0 Å². The van der Waals surface area contributed by atoms with E-state index >= 15 is 0 Å². The molecule has 0 amide bonds. The fourth-order valence-corrected chi connectivity index (χ4v) is 4.20. The van der Waals surface area contributed by atoms with Crippen molar-refractivity contribution in [1.82, 2.24) is 9.13 Å². The molecule has 0 bridgehead atoms. The van der Waals surface area contributed by atoms with E-state index in [4.69, 9.17) is 4.99 Å². The van der Waals surface area contributed by atoms with E-state index < -0.39 is 0 Å². The largest absolute Gasteiger partial charge is 0.307 e. The molecule has 3 aromatic rings. The Hall–Kier alpha value is -1.81. The second kappa shape index (κ2) is 6.83. The molecule has 3 rings (SSSR count). The second-order valence-electron chi connectivity index (χ2n) is 7.22. The molecule has 3 nitrogen and oxygen atoms in total. The second-order valence-corrected chi connectivity index (χ2v) is 8.13. The fraction of sp³-hybridized carbons (Fsp3) is 0.381. The first-order valence-corrected chi connectivity index (χ1v) is 9.63. The highest BCUT2D eigenvalue weighted by Crippen LogP contribution is 2.28. The van der Waals surface area contributed by atoms with E-state index in [2.05, 4.69) is 103 Å². The maximum atomic E-state index is 5.17. The van der Waals surface area contributed by atoms with E-state index in [1.54, 1.807) is 0 Å². The summed E-state index contributed by atoms with van der Waals surface area (Å²) in [4.78, 5) is 5.17. The zero-order chi connectivity index (χ0) is 18.3. The number of para-hydroxylation sites is 2. The number of hydrogen-bond acceptors (Lipinski definition) is 1. The smallest absolute Gasteiger partial charge is 0.211 e. The van der Waals surface area contributed by atoms with Gasteiger partial charge in [0.05, 0.1) is 16.7 Å². The number of fused-ring (bicyclic) bond motifs is 1. The molecule has 0 saturated heterocycles. The molecule has 0 atom stereocenters. The van der Waals surface area contributed by atoms with Gasteiger partial charge in [0.15, 0.2) is 0 Å². The predicted molar refractivity (Wildman–Crippen MR) is 110 cm³/mol. The van der Waals surface area contributed by atoms with Gasteiger partial charge in [-0.1, -0.05) is 28.1 Å². The maximum absolute atomic E-state index is 5.17. The van der Waals surface area contributed by atoms with Crippen molar-refractivity contribution >= 4 is 32.7 Å². The van der Waals surface area contributed by atoms with Gasteiger partial charge in [-0.25, -0.2) is 4.99 Å². The minimum atomic E-state index is 0.333. The minimum absolute atomic E-state index is 0.333. The molecule has 1 heterocycles. The number of imidazole rings is 1. The highest BCUT2D eigenvalue weighted by molar-refractivity contribution is 9.10. The lowest BCUT2D eigenvalue weighted by Crippen LogP contribution is -2.28. The van der Waals surface area contributed by atoms with Crippen molar-refractivity contribution in [2.75, 3.05) is 0 Å². The van der Waals surface area contributed by atoms with Gasteiger partial charge in [-0.05, 0) is 76.9 Å². The minimum Gasteiger partial charge on any atom is -0.307 e. The molecule has 0 aliphatic rings. The Morgan fingerprint density at radius 3 is 1.68 bits per heavy atom. The molecule has 1 aromatic heterocycles. The monoisotopic (exact) mass is 399 g/mol. The topological polar surface area (TPSA) is 22.2 Å². The molecule has 132 valence electrons. The lowest BCUT2D eigenvalue weighted by molar-refractivity contribution is 0.521. The molecule has 0 saturated carbocycles. The van der Waals surface area contributed by atoms with Crippen LogP contribution < -0.4 is 5.62 Å². The standard InChI is InChI=1S/C21H26BrN3/c1-13(2)24-18-9-7-8-10-19(18)25(14(3)4)21(24)23-20-15(5)11-17(22)12-16(20)6/h7-14H,1-6H3. The van der Waals surface area contributed by atoms with E-state index in [0.717, 1.165) is 15.8 Å². The van der Waals surface area contributed by atoms with Crippen molar-refractivity contribution in [1.29, 1.82) is 0 Å². The number of aromatic nitrogens is 2. The molecule has 0 aliphatic heterocycles. The van der Waals surface area contributed by atoms with Crippen LogP contribution in [0.2, 0.25) is 0 Å². The first-order valence-electron chi connectivity index (χ1n) is 8.84. The lowest BCUT2D eigenvalue weighted by atomic mass is 10.1. The Labute approximate surface area is 158 Å². The van der Waals surface area contributed by atoms with E-state index in [9.17, 15) is 0 Å². The number of rotatable bonds is 3. The number of halogens is 1. The van der Waals surface area contributed by atoms with Gasteiger partial charge in [-0.15, -0.1) is 0 Å². The zero-order valence-corrected chi connectivity index (χ0v) is 17.4. The Bertz CT molecular complexity index is 919. The summed E-state index contributed by atoms with van der Waals surface area (Å²) in [6.45, 7) is 13.1. The first-order chi connectivity index (χ1) is 11.8. The molecule has 25 heavy (non-hydrogen) atoms. The normalized spacial score (nSPS) is 11.7. The lowest BCUT2D eigenvalue weighted by Gasteiger charge is -2.13. The van der Waals surface area contributed by atoms with E-state index in [1.807, 2.05) is 0 Å². The third kappa shape index (κ3) is 3.20. The molecule has 0 unspecified atom stereocenters. The third-order valence-electron chi connectivity index (χ3n) is 4.53. The Balaban J connectivity index is 2.47. The van der Waals surface area contributed by atoms with Crippen LogP contribution in [0.4, 0.5) is 5.69 Å². The number of hydrogen-bond donors (Lipinski definition) is 0. The highest BCUT2D eigenvalue weighted by Gasteiger charge is 2.16. The van der Waals surface area contributed by atoms with Crippen LogP contribution in [0.15, 0.2) is 45.9 Å². The van der Waals surface area contributed by atoms with Gasteiger partial charge in [0.25, 0.3) is 0 Å². The van der Waals surface area contributed by atoms with Crippen LogP contribution in [0.1, 0.15) is 50.9 Å². The van der Waals surface area contributed by atoms with Gasteiger partial charge in [0, 0.05) is 16.6 Å². The molecule has 0 fully saturated rings.